The number of aliphatic hydroxyl groups is 1. The Balaban J connectivity index is 1.91. The first-order valence-corrected chi connectivity index (χ1v) is 8.24. The fourth-order valence-electron chi connectivity index (χ4n) is 2.96. The highest BCUT2D eigenvalue weighted by Crippen LogP contribution is 2.13. The molecule has 0 saturated carbocycles. The van der Waals surface area contributed by atoms with Crippen LogP contribution in [0.4, 0.5) is 0 Å². The van der Waals surface area contributed by atoms with Crippen molar-refractivity contribution in [2.45, 2.75) is 32.5 Å². The lowest BCUT2D eigenvalue weighted by Gasteiger charge is -2.23. The Bertz CT molecular complexity index is 445. The van der Waals surface area contributed by atoms with Crippen molar-refractivity contribution in [3.8, 4) is 0 Å². The maximum absolute atomic E-state index is 10.3. The van der Waals surface area contributed by atoms with Crippen LogP contribution in [0.3, 0.4) is 0 Å². The summed E-state index contributed by atoms with van der Waals surface area (Å²) in [5.41, 5.74) is 1.23. The molecule has 0 bridgehead atoms. The number of likely N-dealkylation sites (N-methyl/N-ethyl adjacent to an activating group) is 1. The van der Waals surface area contributed by atoms with Gasteiger partial charge >= 0.3 is 0 Å². The van der Waals surface area contributed by atoms with Gasteiger partial charge in [-0.2, -0.15) is 0 Å². The molecule has 1 N–H and O–H groups in total. The monoisotopic (exact) mass is 309 g/mol. The maximum Gasteiger partial charge on any atom is 0.0951 e. The summed E-state index contributed by atoms with van der Waals surface area (Å²) in [5.74, 6) is 0. The summed E-state index contributed by atoms with van der Waals surface area (Å²) < 4.78 is 2.21. The minimum atomic E-state index is -0.278. The lowest BCUT2D eigenvalue weighted by atomic mass is 10.3. The molecule has 6 nitrogen and oxygen atoms in total. The van der Waals surface area contributed by atoms with Gasteiger partial charge in [-0.25, -0.2) is 4.98 Å². The largest absolute Gasteiger partial charge is 0.390 e. The van der Waals surface area contributed by atoms with Gasteiger partial charge in [0.2, 0.25) is 0 Å². The molecule has 2 rings (SSSR count). The molecule has 1 aromatic rings. The van der Waals surface area contributed by atoms with Crippen molar-refractivity contribution in [3.05, 3.63) is 18.2 Å². The standard InChI is InChI=1S/C16H31N5O/c1-14(2)21-13-17-9-15(21)10-20-8-7-19(6-5-18(3)4)11-16(22)12-20/h9,13-14,16,22H,5-8,10-12H2,1-4H3/t16-/m0/s1. The van der Waals surface area contributed by atoms with Crippen LogP contribution >= 0.6 is 0 Å². The number of aliphatic hydroxyl groups excluding tert-OH is 1. The zero-order valence-electron chi connectivity index (χ0n) is 14.4. The molecule has 1 atom stereocenters. The summed E-state index contributed by atoms with van der Waals surface area (Å²) in [6, 6.07) is 0.422. The van der Waals surface area contributed by atoms with Gasteiger partial charge < -0.3 is 14.6 Å². The highest BCUT2D eigenvalue weighted by Gasteiger charge is 2.22. The number of nitrogens with zero attached hydrogens (tertiary/aromatic N) is 5. The van der Waals surface area contributed by atoms with Crippen LogP contribution < -0.4 is 0 Å². The summed E-state index contributed by atoms with van der Waals surface area (Å²) in [5, 5.41) is 10.3. The molecule has 22 heavy (non-hydrogen) atoms. The molecule has 0 aliphatic carbocycles. The second kappa shape index (κ2) is 8.06. The van der Waals surface area contributed by atoms with E-state index in [-0.39, 0.29) is 6.10 Å². The topological polar surface area (TPSA) is 47.8 Å². The summed E-state index contributed by atoms with van der Waals surface area (Å²) in [6.45, 7) is 10.8. The zero-order chi connectivity index (χ0) is 16.1. The molecular formula is C16H31N5O. The van der Waals surface area contributed by atoms with Crippen molar-refractivity contribution >= 4 is 0 Å². The van der Waals surface area contributed by atoms with Gasteiger partial charge in [-0.15, -0.1) is 0 Å². The number of imidazole rings is 1. The SMILES string of the molecule is CC(C)n1cncc1CN1CCN(CCN(C)C)C[C@H](O)C1. The Morgan fingerprint density at radius 3 is 2.64 bits per heavy atom. The number of hydrogen-bond donors (Lipinski definition) is 1. The van der Waals surface area contributed by atoms with Crippen LogP contribution in [0.5, 0.6) is 0 Å². The normalized spacial score (nSPS) is 21.7. The Morgan fingerprint density at radius 2 is 1.95 bits per heavy atom. The van der Waals surface area contributed by atoms with Crippen LogP contribution in [0.1, 0.15) is 25.6 Å². The predicted octanol–water partition coefficient (Wildman–Crippen LogP) is 0.504. The Morgan fingerprint density at radius 1 is 1.27 bits per heavy atom. The molecule has 0 unspecified atom stereocenters. The van der Waals surface area contributed by atoms with Gasteiger partial charge in [0.1, 0.15) is 0 Å². The van der Waals surface area contributed by atoms with Gasteiger partial charge in [-0.1, -0.05) is 0 Å². The third-order valence-electron chi connectivity index (χ3n) is 4.22. The van der Waals surface area contributed by atoms with Crippen molar-refractivity contribution in [2.75, 3.05) is 53.4 Å². The third-order valence-corrected chi connectivity index (χ3v) is 4.22. The lowest BCUT2D eigenvalue weighted by Crippen LogP contribution is -2.37. The van der Waals surface area contributed by atoms with Crippen molar-refractivity contribution in [1.82, 2.24) is 24.3 Å². The quantitative estimate of drug-likeness (QED) is 0.829. The summed E-state index contributed by atoms with van der Waals surface area (Å²) in [4.78, 5) is 11.2. The van der Waals surface area contributed by atoms with E-state index in [1.807, 2.05) is 12.5 Å². The number of rotatable bonds is 6. The number of aromatic nitrogens is 2. The van der Waals surface area contributed by atoms with E-state index in [1.54, 1.807) is 0 Å². The van der Waals surface area contributed by atoms with Crippen molar-refractivity contribution in [1.29, 1.82) is 0 Å². The summed E-state index contributed by atoms with van der Waals surface area (Å²) in [6.07, 6.45) is 3.57. The fourth-order valence-corrected chi connectivity index (χ4v) is 2.96. The molecule has 126 valence electrons. The van der Waals surface area contributed by atoms with E-state index in [2.05, 4.69) is 52.2 Å². The Labute approximate surface area is 134 Å². The minimum Gasteiger partial charge on any atom is -0.390 e. The molecule has 0 aromatic carbocycles. The van der Waals surface area contributed by atoms with Crippen molar-refractivity contribution < 1.29 is 5.11 Å². The maximum atomic E-state index is 10.3. The van der Waals surface area contributed by atoms with Crippen molar-refractivity contribution in [3.63, 3.8) is 0 Å². The van der Waals surface area contributed by atoms with E-state index in [9.17, 15) is 5.11 Å². The molecule has 1 aromatic heterocycles. The molecule has 1 aliphatic rings. The lowest BCUT2D eigenvalue weighted by molar-refractivity contribution is 0.105. The molecule has 1 fully saturated rings. The molecule has 6 heteroatoms. The van der Waals surface area contributed by atoms with Gasteiger partial charge in [0, 0.05) is 58.1 Å². The number of hydrogen-bond acceptors (Lipinski definition) is 5. The Kier molecular flexibility index (Phi) is 6.37. The highest BCUT2D eigenvalue weighted by molar-refractivity contribution is 5.00. The Hall–Kier alpha value is -0.950. The fraction of sp³-hybridized carbons (Fsp3) is 0.812. The molecule has 0 spiro atoms. The number of β-amino-alcohol motifs (C(OH)–C–C–N with tert-alkyl or cyclic N) is 1. The first-order valence-electron chi connectivity index (χ1n) is 8.24. The van der Waals surface area contributed by atoms with E-state index < -0.39 is 0 Å². The second-order valence-corrected chi connectivity index (χ2v) is 6.88. The van der Waals surface area contributed by atoms with Crippen LogP contribution in [-0.2, 0) is 6.54 Å². The van der Waals surface area contributed by atoms with Gasteiger partial charge in [-0.05, 0) is 27.9 Å². The predicted molar refractivity (Wildman–Crippen MR) is 88.9 cm³/mol. The van der Waals surface area contributed by atoms with E-state index >= 15 is 0 Å². The first-order chi connectivity index (χ1) is 10.5. The molecule has 0 amide bonds. The van der Waals surface area contributed by atoms with Gasteiger partial charge in [-0.3, -0.25) is 9.80 Å². The van der Waals surface area contributed by atoms with Crippen molar-refractivity contribution in [2.24, 2.45) is 0 Å². The van der Waals surface area contributed by atoms with Crippen LogP contribution in [0.25, 0.3) is 0 Å². The summed E-state index contributed by atoms with van der Waals surface area (Å²) >= 11 is 0. The molecule has 0 radical (unpaired) electrons. The molecule has 2 heterocycles. The van der Waals surface area contributed by atoms with Gasteiger partial charge in [0.15, 0.2) is 0 Å². The molecule has 1 aliphatic heterocycles. The third kappa shape index (κ3) is 5.05. The average molecular weight is 309 g/mol. The average Bonchev–Trinajstić information content (AvgIpc) is 2.81. The molecule has 1 saturated heterocycles. The van der Waals surface area contributed by atoms with Gasteiger partial charge in [0.25, 0.3) is 0 Å². The van der Waals surface area contributed by atoms with E-state index in [1.165, 1.54) is 5.69 Å². The van der Waals surface area contributed by atoms with E-state index in [4.69, 9.17) is 0 Å². The minimum absolute atomic E-state index is 0.278. The van der Waals surface area contributed by atoms with E-state index in [0.717, 1.165) is 45.8 Å². The highest BCUT2D eigenvalue weighted by atomic mass is 16.3. The van der Waals surface area contributed by atoms with E-state index in [0.29, 0.717) is 6.04 Å². The second-order valence-electron chi connectivity index (χ2n) is 6.88. The molecular weight excluding hydrogens is 278 g/mol. The van der Waals surface area contributed by atoms with Crippen LogP contribution in [-0.4, -0.2) is 88.8 Å². The first kappa shape index (κ1) is 17.4. The zero-order valence-corrected chi connectivity index (χ0v) is 14.4. The van der Waals surface area contributed by atoms with Crippen LogP contribution in [0, 0.1) is 0 Å². The van der Waals surface area contributed by atoms with Gasteiger partial charge in [0.05, 0.1) is 18.1 Å². The summed E-state index contributed by atoms with van der Waals surface area (Å²) in [7, 11) is 4.18. The smallest absolute Gasteiger partial charge is 0.0951 e. The van der Waals surface area contributed by atoms with Crippen LogP contribution in [0.15, 0.2) is 12.5 Å². The van der Waals surface area contributed by atoms with Crippen LogP contribution in [0.2, 0.25) is 0 Å².